The van der Waals surface area contributed by atoms with E-state index >= 15 is 0 Å². The molecule has 7 heteroatoms. The number of nitrogens with zero attached hydrogens (tertiary/aromatic N) is 1. The van der Waals surface area contributed by atoms with Gasteiger partial charge in [-0.25, -0.2) is 4.39 Å². The Labute approximate surface area is 128 Å². The van der Waals surface area contributed by atoms with E-state index in [-0.39, 0.29) is 29.9 Å². The topological polar surface area (TPSA) is 55.6 Å². The molecule has 0 saturated carbocycles. The molecule has 1 unspecified atom stereocenters. The molecule has 2 N–H and O–H groups in total. The second-order valence-electron chi connectivity index (χ2n) is 4.59. The minimum absolute atomic E-state index is 0. The van der Waals surface area contributed by atoms with E-state index in [4.69, 9.17) is 22.1 Å². The van der Waals surface area contributed by atoms with Crippen LogP contribution in [0.3, 0.4) is 0 Å². The Morgan fingerprint density at radius 3 is 2.90 bits per heavy atom. The molecule has 1 aliphatic rings. The summed E-state index contributed by atoms with van der Waals surface area (Å²) in [5, 5.41) is 0.161. The fraction of sp³-hybridized carbons (Fsp3) is 0.462. The fourth-order valence-electron chi connectivity index (χ4n) is 2.07. The van der Waals surface area contributed by atoms with Crippen LogP contribution in [-0.2, 0) is 4.79 Å². The molecule has 1 aliphatic heterocycles. The van der Waals surface area contributed by atoms with Crippen molar-refractivity contribution in [2.45, 2.75) is 6.42 Å². The zero-order chi connectivity index (χ0) is 13.8. The van der Waals surface area contributed by atoms with Crippen molar-refractivity contribution in [3.8, 4) is 5.75 Å². The maximum Gasteiger partial charge on any atom is 0.260 e. The zero-order valence-electron chi connectivity index (χ0n) is 10.9. The van der Waals surface area contributed by atoms with Gasteiger partial charge >= 0.3 is 0 Å². The summed E-state index contributed by atoms with van der Waals surface area (Å²) in [7, 11) is 0. The molecule has 2 rings (SSSR count). The van der Waals surface area contributed by atoms with E-state index in [1.54, 1.807) is 4.90 Å². The van der Waals surface area contributed by atoms with Crippen LogP contribution in [0.4, 0.5) is 4.39 Å². The first-order chi connectivity index (χ1) is 9.10. The van der Waals surface area contributed by atoms with Crippen LogP contribution >= 0.6 is 24.0 Å². The van der Waals surface area contributed by atoms with Gasteiger partial charge in [0.25, 0.3) is 5.91 Å². The highest BCUT2D eigenvalue weighted by molar-refractivity contribution is 6.32. The van der Waals surface area contributed by atoms with Crippen molar-refractivity contribution in [1.29, 1.82) is 0 Å². The summed E-state index contributed by atoms with van der Waals surface area (Å²) in [5.41, 5.74) is 5.57. The molecule has 1 fully saturated rings. The molecule has 112 valence electrons. The fourth-order valence-corrected chi connectivity index (χ4v) is 2.30. The highest BCUT2D eigenvalue weighted by Crippen LogP contribution is 2.25. The van der Waals surface area contributed by atoms with E-state index in [9.17, 15) is 9.18 Å². The molecule has 1 aromatic carbocycles. The number of nitrogens with two attached hydrogens (primary N) is 1. The second-order valence-corrected chi connectivity index (χ2v) is 5.00. The number of rotatable bonds is 4. The van der Waals surface area contributed by atoms with Crippen LogP contribution in [0, 0.1) is 11.7 Å². The van der Waals surface area contributed by atoms with E-state index < -0.39 is 5.82 Å². The predicted molar refractivity (Wildman–Crippen MR) is 77.9 cm³/mol. The van der Waals surface area contributed by atoms with Crippen LogP contribution < -0.4 is 10.5 Å². The molecular formula is C13H17Cl2FN2O2. The maximum absolute atomic E-state index is 12.8. The van der Waals surface area contributed by atoms with E-state index in [2.05, 4.69) is 0 Å². The van der Waals surface area contributed by atoms with Gasteiger partial charge in [0, 0.05) is 13.1 Å². The Balaban J connectivity index is 0.00000200. The Morgan fingerprint density at radius 2 is 2.30 bits per heavy atom. The van der Waals surface area contributed by atoms with Gasteiger partial charge in [-0.05, 0) is 37.1 Å². The molecule has 4 nitrogen and oxygen atoms in total. The number of ether oxygens (including phenoxy) is 1. The summed E-state index contributed by atoms with van der Waals surface area (Å²) in [5.74, 6) is 0.148. The lowest BCUT2D eigenvalue weighted by molar-refractivity contribution is -0.132. The molecule has 1 heterocycles. The highest BCUT2D eigenvalue weighted by Gasteiger charge is 2.25. The summed E-state index contributed by atoms with van der Waals surface area (Å²) >= 11 is 5.81. The molecule has 0 spiro atoms. The molecule has 0 radical (unpaired) electrons. The molecule has 0 aliphatic carbocycles. The van der Waals surface area contributed by atoms with Gasteiger partial charge in [0.15, 0.2) is 6.61 Å². The predicted octanol–water partition coefficient (Wildman–Crippen LogP) is 2.09. The highest BCUT2D eigenvalue weighted by atomic mass is 35.5. The maximum atomic E-state index is 12.8. The zero-order valence-corrected chi connectivity index (χ0v) is 12.4. The van der Waals surface area contributed by atoms with Gasteiger partial charge in [-0.3, -0.25) is 4.79 Å². The van der Waals surface area contributed by atoms with Crippen molar-refractivity contribution in [2.24, 2.45) is 11.7 Å². The van der Waals surface area contributed by atoms with Gasteiger partial charge in [0.1, 0.15) is 11.6 Å². The van der Waals surface area contributed by atoms with Crippen molar-refractivity contribution in [2.75, 3.05) is 26.2 Å². The van der Waals surface area contributed by atoms with Crippen molar-refractivity contribution in [3.05, 3.63) is 29.0 Å². The standard InChI is InChI=1S/C13H16ClFN2O2.ClH/c14-11-5-10(15)1-2-12(11)19-8-13(18)17-4-3-9(6-16)7-17;/h1-2,5,9H,3-4,6-8,16H2;1H. The number of halogens is 3. The number of hydrogen-bond acceptors (Lipinski definition) is 3. The molecule has 1 atom stereocenters. The van der Waals surface area contributed by atoms with Crippen LogP contribution in [-0.4, -0.2) is 37.0 Å². The molecule has 20 heavy (non-hydrogen) atoms. The smallest absolute Gasteiger partial charge is 0.260 e. The first kappa shape index (κ1) is 17.0. The SMILES string of the molecule is Cl.NCC1CCN(C(=O)COc2ccc(F)cc2Cl)C1. The van der Waals surface area contributed by atoms with Crippen molar-refractivity contribution in [1.82, 2.24) is 4.90 Å². The third-order valence-electron chi connectivity index (χ3n) is 3.22. The third kappa shape index (κ3) is 4.23. The molecule has 1 saturated heterocycles. The van der Waals surface area contributed by atoms with Gasteiger partial charge in [-0.2, -0.15) is 0 Å². The van der Waals surface area contributed by atoms with Gasteiger partial charge in [0.05, 0.1) is 5.02 Å². The van der Waals surface area contributed by atoms with Crippen LogP contribution in [0.1, 0.15) is 6.42 Å². The monoisotopic (exact) mass is 322 g/mol. The normalized spacial score (nSPS) is 17.8. The number of carbonyl (C=O) groups excluding carboxylic acids is 1. The lowest BCUT2D eigenvalue weighted by Gasteiger charge is -2.16. The lowest BCUT2D eigenvalue weighted by Crippen LogP contribution is -2.33. The number of carbonyl (C=O) groups is 1. The Kier molecular flexibility index (Phi) is 6.52. The average molecular weight is 323 g/mol. The molecule has 0 aromatic heterocycles. The minimum atomic E-state index is -0.436. The molecule has 0 bridgehead atoms. The van der Waals surface area contributed by atoms with Crippen molar-refractivity contribution in [3.63, 3.8) is 0 Å². The summed E-state index contributed by atoms with van der Waals surface area (Å²) in [6, 6.07) is 3.81. The van der Waals surface area contributed by atoms with Gasteiger partial charge in [-0.1, -0.05) is 11.6 Å². The lowest BCUT2D eigenvalue weighted by atomic mass is 10.1. The third-order valence-corrected chi connectivity index (χ3v) is 3.51. The van der Waals surface area contributed by atoms with Crippen LogP contribution in [0.15, 0.2) is 18.2 Å². The summed E-state index contributed by atoms with van der Waals surface area (Å²) < 4.78 is 18.2. The Bertz CT molecular complexity index is 474. The quantitative estimate of drug-likeness (QED) is 0.923. The van der Waals surface area contributed by atoms with Gasteiger partial charge in [-0.15, -0.1) is 12.4 Å². The number of benzene rings is 1. The minimum Gasteiger partial charge on any atom is -0.482 e. The summed E-state index contributed by atoms with van der Waals surface area (Å²) in [6.45, 7) is 1.88. The van der Waals surface area contributed by atoms with E-state index in [0.29, 0.717) is 31.3 Å². The first-order valence-electron chi connectivity index (χ1n) is 6.16. The van der Waals surface area contributed by atoms with Gasteiger partial charge in [0.2, 0.25) is 0 Å². The first-order valence-corrected chi connectivity index (χ1v) is 6.53. The average Bonchev–Trinajstić information content (AvgIpc) is 2.86. The van der Waals surface area contributed by atoms with Crippen molar-refractivity contribution >= 4 is 29.9 Å². The Morgan fingerprint density at radius 1 is 1.55 bits per heavy atom. The van der Waals surface area contributed by atoms with Crippen LogP contribution in [0.2, 0.25) is 5.02 Å². The van der Waals surface area contributed by atoms with Crippen molar-refractivity contribution < 1.29 is 13.9 Å². The van der Waals surface area contributed by atoms with Gasteiger partial charge < -0.3 is 15.4 Å². The Hall–Kier alpha value is -1.04. The number of likely N-dealkylation sites (tertiary alicyclic amines) is 1. The molecule has 1 amide bonds. The molecule has 1 aromatic rings. The summed E-state index contributed by atoms with van der Waals surface area (Å²) in [6.07, 6.45) is 0.930. The summed E-state index contributed by atoms with van der Waals surface area (Å²) in [4.78, 5) is 13.6. The van der Waals surface area contributed by atoms with E-state index in [1.807, 2.05) is 0 Å². The largest absolute Gasteiger partial charge is 0.482 e. The second kappa shape index (κ2) is 7.67. The number of hydrogen-bond donors (Lipinski definition) is 1. The van der Waals surface area contributed by atoms with Crippen LogP contribution in [0.25, 0.3) is 0 Å². The molecular weight excluding hydrogens is 306 g/mol. The number of amides is 1. The van der Waals surface area contributed by atoms with Crippen LogP contribution in [0.5, 0.6) is 5.75 Å². The van der Waals surface area contributed by atoms with E-state index in [0.717, 1.165) is 12.5 Å². The van der Waals surface area contributed by atoms with E-state index in [1.165, 1.54) is 12.1 Å².